The van der Waals surface area contributed by atoms with Gasteiger partial charge in [0.1, 0.15) is 43.4 Å². The summed E-state index contributed by atoms with van der Waals surface area (Å²) in [6, 6.07) is 0. The van der Waals surface area contributed by atoms with Crippen molar-refractivity contribution >= 4 is 62.5 Å². The second-order valence-corrected chi connectivity index (χ2v) is 14.8. The fourth-order valence-corrected chi connectivity index (χ4v) is 7.58. The van der Waals surface area contributed by atoms with Crippen molar-refractivity contribution in [2.75, 3.05) is 18.9 Å². The maximum atomic E-state index is 15.9. The molecule has 2 aliphatic rings. The number of hydrogen-bond acceptors (Lipinski definition) is 23. The van der Waals surface area contributed by atoms with Crippen molar-refractivity contribution in [2.24, 2.45) is 0 Å². The van der Waals surface area contributed by atoms with Crippen LogP contribution in [0.2, 0.25) is 0 Å². The molecule has 4 rings (SSSR count). The van der Waals surface area contributed by atoms with Crippen LogP contribution in [-0.4, -0.2) is 137 Å². The van der Waals surface area contributed by atoms with Gasteiger partial charge in [-0.1, -0.05) is 0 Å². The van der Waals surface area contributed by atoms with E-state index in [0.717, 1.165) is 51.8 Å². The predicted octanol–water partition coefficient (Wildman–Crippen LogP) is -1.41. The van der Waals surface area contributed by atoms with Crippen LogP contribution in [0, 0.1) is 0 Å². The fraction of sp³-hybridized carbons (Fsp3) is 0.630. The molecule has 2 fully saturated rings. The van der Waals surface area contributed by atoms with Crippen LogP contribution in [0.5, 0.6) is 0 Å². The molecule has 0 saturated carbocycles. The van der Waals surface area contributed by atoms with Gasteiger partial charge in [0.15, 0.2) is 42.1 Å². The standard InChI is InChI=1S/C27H36FN5O21P2/c1-10(34)45-6-15(47-11(2)35)18-19(48-12(3)36)20(49-13(4)37)21(50-14(5)38)26(51-18)53-56(43,44)54-55(41,42)46-7-27(28)22(40)17(39)25(52-27)33-9-32-16-23(29)30-8-31-24(16)33/h8-9,15,17-22,25-26,39-40H,6-7H2,1-5H3,(H,41,42)(H,43,44)(H2,29,30,31)/t15?,17-,18-,19-,20+,21+,22+,25-,26+,27?/m1/s1. The highest BCUT2D eigenvalue weighted by molar-refractivity contribution is 7.61. The van der Waals surface area contributed by atoms with Crippen LogP contribution < -0.4 is 5.73 Å². The molecule has 2 aliphatic heterocycles. The summed E-state index contributed by atoms with van der Waals surface area (Å²) in [4.78, 5) is 92.6. The fourth-order valence-electron chi connectivity index (χ4n) is 5.42. The van der Waals surface area contributed by atoms with E-state index in [2.05, 4.69) is 23.8 Å². The van der Waals surface area contributed by atoms with Gasteiger partial charge in [0.25, 0.3) is 5.85 Å². The minimum Gasteiger partial charge on any atom is -0.462 e. The summed E-state index contributed by atoms with van der Waals surface area (Å²) in [6.07, 6.45) is -16.7. The summed E-state index contributed by atoms with van der Waals surface area (Å²) in [7, 11) is -12.1. The number of carbonyl (C=O) groups excluding carboxylic acids is 5. The molecule has 56 heavy (non-hydrogen) atoms. The lowest BCUT2D eigenvalue weighted by Gasteiger charge is -2.45. The number of aliphatic hydroxyl groups excluding tert-OH is 2. The van der Waals surface area contributed by atoms with Crippen molar-refractivity contribution in [1.82, 2.24) is 19.5 Å². The first kappa shape index (κ1) is 44.4. The van der Waals surface area contributed by atoms with Crippen molar-refractivity contribution in [1.29, 1.82) is 0 Å². The molecule has 2 saturated heterocycles. The number of hydrogen-bond donors (Lipinski definition) is 5. The molecule has 0 radical (unpaired) electrons. The molecule has 26 nitrogen and oxygen atoms in total. The van der Waals surface area contributed by atoms with Crippen LogP contribution in [0.4, 0.5) is 10.2 Å². The van der Waals surface area contributed by atoms with Gasteiger partial charge in [-0.3, -0.25) is 37.6 Å². The van der Waals surface area contributed by atoms with E-state index in [-0.39, 0.29) is 17.0 Å². The number of phosphoric ester groups is 2. The van der Waals surface area contributed by atoms with Gasteiger partial charge >= 0.3 is 45.5 Å². The summed E-state index contributed by atoms with van der Waals surface area (Å²) in [5.74, 6) is -8.97. The number of fused-ring (bicyclic) bond motifs is 1. The molecule has 312 valence electrons. The molecule has 29 heteroatoms. The van der Waals surface area contributed by atoms with Crippen molar-refractivity contribution in [3.8, 4) is 0 Å². The van der Waals surface area contributed by atoms with E-state index in [9.17, 15) is 53.1 Å². The second-order valence-electron chi connectivity index (χ2n) is 11.9. The molecule has 2 aromatic heterocycles. The summed E-state index contributed by atoms with van der Waals surface area (Å²) in [6.45, 7) is 1.83. The van der Waals surface area contributed by atoms with Crippen LogP contribution >= 0.6 is 15.6 Å². The first-order chi connectivity index (χ1) is 25.9. The summed E-state index contributed by atoms with van der Waals surface area (Å²) in [5.41, 5.74) is 5.66. The number of nitrogens with two attached hydrogens (primary N) is 1. The van der Waals surface area contributed by atoms with Gasteiger partial charge in [-0.05, 0) is 0 Å². The first-order valence-electron chi connectivity index (χ1n) is 15.8. The van der Waals surface area contributed by atoms with E-state index < -0.39 is 120 Å². The number of phosphoric acid groups is 2. The van der Waals surface area contributed by atoms with E-state index in [1.54, 1.807) is 0 Å². The number of alkyl halides is 1. The first-order valence-corrected chi connectivity index (χ1v) is 18.8. The van der Waals surface area contributed by atoms with Gasteiger partial charge in [0.05, 0.1) is 6.33 Å². The zero-order valence-electron chi connectivity index (χ0n) is 29.6. The molecule has 0 bridgehead atoms. The number of halogens is 1. The number of ether oxygens (including phenoxy) is 7. The molecule has 12 atom stereocenters. The van der Waals surface area contributed by atoms with E-state index in [0.29, 0.717) is 0 Å². The molecule has 0 aromatic carbocycles. The van der Waals surface area contributed by atoms with Crippen LogP contribution in [0.1, 0.15) is 40.8 Å². The molecular formula is C27H36FN5O21P2. The Balaban J connectivity index is 1.59. The molecule has 0 amide bonds. The largest absolute Gasteiger partial charge is 0.483 e. The van der Waals surface area contributed by atoms with Crippen molar-refractivity contribution < 1.29 is 104 Å². The number of rotatable bonds is 15. The number of esters is 5. The SMILES string of the molecule is CC(=O)OCC(OC(C)=O)[C@H]1O[C@@H](OP(=O)(O)OP(=O)(O)OCC2(F)O[C@@H](n3cnc4c(N)ncnc43)[C@H](O)[C@@H]2O)[C@@H](OC(C)=O)[C@@H](OC(C)=O)[C@@H]1OC(C)=O. The second kappa shape index (κ2) is 17.5. The number of nitrogens with zero attached hydrogens (tertiary/aromatic N) is 4. The number of imidazole rings is 1. The quantitative estimate of drug-likeness (QED) is 0.0781. The third-order valence-corrected chi connectivity index (χ3v) is 10.1. The highest BCUT2D eigenvalue weighted by Crippen LogP contribution is 2.62. The predicted molar refractivity (Wildman–Crippen MR) is 171 cm³/mol. The van der Waals surface area contributed by atoms with Gasteiger partial charge in [-0.2, -0.15) is 4.31 Å². The number of anilines is 1. The van der Waals surface area contributed by atoms with Crippen molar-refractivity contribution in [3.05, 3.63) is 12.7 Å². The molecule has 0 spiro atoms. The van der Waals surface area contributed by atoms with Crippen LogP contribution in [0.25, 0.3) is 11.2 Å². The third kappa shape index (κ3) is 10.8. The average Bonchev–Trinajstić information content (AvgIpc) is 3.59. The Hall–Kier alpha value is -4.27. The van der Waals surface area contributed by atoms with Crippen LogP contribution in [0.3, 0.4) is 0 Å². The van der Waals surface area contributed by atoms with Gasteiger partial charge in [-0.15, -0.1) is 0 Å². The normalized spacial score (nSPS) is 30.3. The van der Waals surface area contributed by atoms with Crippen LogP contribution in [0.15, 0.2) is 12.7 Å². The van der Waals surface area contributed by atoms with E-state index in [4.69, 9.17) is 43.4 Å². The molecule has 4 heterocycles. The highest BCUT2D eigenvalue weighted by Gasteiger charge is 2.59. The topological polar surface area (TPSA) is 362 Å². The van der Waals surface area contributed by atoms with E-state index >= 15 is 4.39 Å². The van der Waals surface area contributed by atoms with Gasteiger partial charge in [0, 0.05) is 34.6 Å². The summed E-state index contributed by atoms with van der Waals surface area (Å²) >= 11 is 0. The van der Waals surface area contributed by atoms with E-state index in [1.807, 2.05) is 0 Å². The lowest BCUT2D eigenvalue weighted by molar-refractivity contribution is -0.301. The number of aromatic nitrogens is 4. The summed E-state index contributed by atoms with van der Waals surface area (Å²) in [5, 5.41) is 21.0. The molecular weight excluding hydrogens is 811 g/mol. The number of nitrogen functional groups attached to an aromatic ring is 1. The third-order valence-electron chi connectivity index (χ3n) is 7.47. The van der Waals surface area contributed by atoms with E-state index in [1.165, 1.54) is 0 Å². The Bertz CT molecular complexity index is 1920. The van der Waals surface area contributed by atoms with Crippen molar-refractivity contribution in [2.45, 2.75) is 95.7 Å². The Morgan fingerprint density at radius 2 is 1.52 bits per heavy atom. The Morgan fingerprint density at radius 3 is 2.11 bits per heavy atom. The van der Waals surface area contributed by atoms with Gasteiger partial charge < -0.3 is 58.9 Å². The number of carbonyl (C=O) groups is 5. The number of aliphatic hydroxyl groups is 2. The lowest BCUT2D eigenvalue weighted by Crippen LogP contribution is -2.65. The zero-order chi connectivity index (χ0) is 41.9. The van der Waals surface area contributed by atoms with Gasteiger partial charge in [0.2, 0.25) is 6.29 Å². The van der Waals surface area contributed by atoms with Crippen LogP contribution in [-0.2, 0) is 79.6 Å². The maximum absolute atomic E-state index is 15.9. The smallest absolute Gasteiger partial charge is 0.462 e. The van der Waals surface area contributed by atoms with Gasteiger partial charge in [-0.25, -0.2) is 28.5 Å². The monoisotopic (exact) mass is 847 g/mol. The molecule has 2 aromatic rings. The van der Waals surface area contributed by atoms with Crippen molar-refractivity contribution in [3.63, 3.8) is 0 Å². The zero-order valence-corrected chi connectivity index (χ0v) is 31.4. The lowest BCUT2D eigenvalue weighted by atomic mass is 9.94. The highest BCUT2D eigenvalue weighted by atomic mass is 31.3. The Labute approximate surface area is 313 Å². The molecule has 4 unspecified atom stereocenters. The Morgan fingerprint density at radius 1 is 0.911 bits per heavy atom. The Kier molecular flexibility index (Phi) is 13.9. The maximum Gasteiger partial charge on any atom is 0.483 e. The molecule has 0 aliphatic carbocycles. The average molecular weight is 848 g/mol. The summed E-state index contributed by atoms with van der Waals surface area (Å²) < 4.78 is 92.9. The molecule has 6 N–H and O–H groups in total. The minimum absolute atomic E-state index is 0.00827. The minimum atomic E-state index is -6.09.